The first kappa shape index (κ1) is 14.9. The summed E-state index contributed by atoms with van der Waals surface area (Å²) in [5.74, 6) is 0.0671. The topological polar surface area (TPSA) is 55.1 Å². The lowest BCUT2D eigenvalue weighted by molar-refractivity contribution is 0.0998. The van der Waals surface area contributed by atoms with E-state index in [1.54, 1.807) is 6.20 Å². The van der Waals surface area contributed by atoms with Crippen molar-refractivity contribution in [2.75, 3.05) is 5.32 Å². The van der Waals surface area contributed by atoms with Gasteiger partial charge in [-0.1, -0.05) is 22.0 Å². The van der Waals surface area contributed by atoms with Gasteiger partial charge < -0.3 is 9.73 Å². The highest BCUT2D eigenvalue weighted by Gasteiger charge is 2.18. The molecule has 0 aliphatic heterocycles. The van der Waals surface area contributed by atoms with Crippen molar-refractivity contribution < 1.29 is 9.21 Å². The van der Waals surface area contributed by atoms with Crippen LogP contribution in [0.15, 0.2) is 63.6 Å². The van der Waals surface area contributed by atoms with Crippen molar-refractivity contribution in [2.45, 2.75) is 6.92 Å². The molecule has 0 aliphatic carbocycles. The van der Waals surface area contributed by atoms with Crippen molar-refractivity contribution in [2.24, 2.45) is 0 Å². The molecule has 0 aliphatic rings. The van der Waals surface area contributed by atoms with Gasteiger partial charge in [-0.3, -0.25) is 9.78 Å². The molecular weight excluding hydrogens is 368 g/mol. The first-order valence-electron chi connectivity index (χ1n) is 7.46. The van der Waals surface area contributed by atoms with Crippen LogP contribution in [-0.4, -0.2) is 10.9 Å². The minimum absolute atomic E-state index is 0.261. The Morgan fingerprint density at radius 2 is 2.04 bits per heavy atom. The van der Waals surface area contributed by atoms with E-state index >= 15 is 0 Å². The quantitative estimate of drug-likeness (QED) is 0.512. The Kier molecular flexibility index (Phi) is 3.58. The molecule has 0 radical (unpaired) electrons. The van der Waals surface area contributed by atoms with Gasteiger partial charge in [-0.25, -0.2) is 0 Å². The number of rotatable bonds is 2. The number of amides is 1. The smallest absolute Gasteiger partial charge is 0.291 e. The molecule has 5 heteroatoms. The number of furan rings is 1. The zero-order chi connectivity index (χ0) is 16.7. The Morgan fingerprint density at radius 1 is 1.17 bits per heavy atom. The number of aryl methyl sites for hydroxylation is 1. The highest BCUT2D eigenvalue weighted by Crippen LogP contribution is 2.28. The van der Waals surface area contributed by atoms with E-state index in [1.165, 1.54) is 0 Å². The van der Waals surface area contributed by atoms with Crippen molar-refractivity contribution in [3.63, 3.8) is 0 Å². The molecule has 24 heavy (non-hydrogen) atoms. The third-order valence-electron chi connectivity index (χ3n) is 3.97. The summed E-state index contributed by atoms with van der Waals surface area (Å²) in [6.45, 7) is 1.89. The maximum absolute atomic E-state index is 12.6. The molecule has 2 aromatic heterocycles. The largest absolute Gasteiger partial charge is 0.451 e. The fourth-order valence-corrected chi connectivity index (χ4v) is 3.11. The van der Waals surface area contributed by atoms with Crippen LogP contribution < -0.4 is 5.32 Å². The fraction of sp³-hybridized carbons (Fsp3) is 0.0526. The number of aromatic nitrogens is 1. The zero-order valence-corrected chi connectivity index (χ0v) is 14.4. The molecule has 1 N–H and O–H groups in total. The molecule has 0 spiro atoms. The number of fused-ring (bicyclic) bond motifs is 2. The van der Waals surface area contributed by atoms with Crippen LogP contribution in [0.5, 0.6) is 0 Å². The van der Waals surface area contributed by atoms with Gasteiger partial charge in [0.2, 0.25) is 0 Å². The lowest BCUT2D eigenvalue weighted by Crippen LogP contribution is -2.12. The summed E-state index contributed by atoms with van der Waals surface area (Å²) in [6, 6.07) is 15.1. The van der Waals surface area contributed by atoms with Gasteiger partial charge in [-0.15, -0.1) is 0 Å². The standard InChI is InChI=1S/C19H13BrN2O2/c1-11-15-10-13(20)4-7-17(15)24-18(11)19(23)22-14-5-6-16-12(9-14)3-2-8-21-16/h2-10H,1H3,(H,22,23). The summed E-state index contributed by atoms with van der Waals surface area (Å²) in [5.41, 5.74) is 3.12. The van der Waals surface area contributed by atoms with Crippen molar-refractivity contribution in [3.8, 4) is 0 Å². The Morgan fingerprint density at radius 3 is 2.92 bits per heavy atom. The molecule has 1 amide bonds. The van der Waals surface area contributed by atoms with E-state index < -0.39 is 0 Å². The maximum atomic E-state index is 12.6. The van der Waals surface area contributed by atoms with Crippen LogP contribution in [0.1, 0.15) is 16.1 Å². The number of halogens is 1. The second-order valence-corrected chi connectivity index (χ2v) is 6.48. The predicted octanol–water partition coefficient (Wildman–Crippen LogP) is 5.30. The fourth-order valence-electron chi connectivity index (χ4n) is 2.75. The predicted molar refractivity (Wildman–Crippen MR) is 98.3 cm³/mol. The molecule has 4 aromatic rings. The first-order chi connectivity index (χ1) is 11.6. The Labute approximate surface area is 146 Å². The summed E-state index contributed by atoms with van der Waals surface area (Å²) >= 11 is 3.44. The minimum Gasteiger partial charge on any atom is -0.451 e. The van der Waals surface area contributed by atoms with Crippen LogP contribution in [0.3, 0.4) is 0 Å². The van der Waals surface area contributed by atoms with Gasteiger partial charge in [-0.05, 0) is 49.4 Å². The van der Waals surface area contributed by atoms with Gasteiger partial charge in [0.1, 0.15) is 5.58 Å². The Hall–Kier alpha value is -2.66. The van der Waals surface area contributed by atoms with Gasteiger partial charge >= 0.3 is 0 Å². The van der Waals surface area contributed by atoms with Crippen molar-refractivity contribution in [1.82, 2.24) is 4.98 Å². The Balaban J connectivity index is 1.69. The number of benzene rings is 2. The summed E-state index contributed by atoms with van der Waals surface area (Å²) in [4.78, 5) is 16.9. The van der Waals surface area contributed by atoms with E-state index in [0.29, 0.717) is 17.0 Å². The third kappa shape index (κ3) is 2.57. The van der Waals surface area contributed by atoms with Crippen LogP contribution in [0.4, 0.5) is 5.69 Å². The third-order valence-corrected chi connectivity index (χ3v) is 4.46. The van der Waals surface area contributed by atoms with E-state index in [9.17, 15) is 4.79 Å². The summed E-state index contributed by atoms with van der Waals surface area (Å²) < 4.78 is 6.68. The van der Waals surface area contributed by atoms with Crippen LogP contribution in [0.2, 0.25) is 0 Å². The highest BCUT2D eigenvalue weighted by atomic mass is 79.9. The normalized spacial score (nSPS) is 11.1. The maximum Gasteiger partial charge on any atom is 0.291 e. The van der Waals surface area contributed by atoms with Gasteiger partial charge in [-0.2, -0.15) is 0 Å². The van der Waals surface area contributed by atoms with Crippen LogP contribution in [0.25, 0.3) is 21.9 Å². The average Bonchev–Trinajstić information content (AvgIpc) is 2.91. The molecule has 0 fully saturated rings. The van der Waals surface area contributed by atoms with E-state index in [1.807, 2.05) is 55.5 Å². The summed E-state index contributed by atoms with van der Waals surface area (Å²) in [6.07, 6.45) is 1.75. The van der Waals surface area contributed by atoms with E-state index in [0.717, 1.165) is 26.3 Å². The number of carbonyl (C=O) groups is 1. The van der Waals surface area contributed by atoms with Gasteiger partial charge in [0.25, 0.3) is 5.91 Å². The number of pyridine rings is 1. The number of anilines is 1. The average molecular weight is 381 g/mol. The monoisotopic (exact) mass is 380 g/mol. The SMILES string of the molecule is Cc1c(C(=O)Nc2ccc3ncccc3c2)oc2ccc(Br)cc12. The zero-order valence-electron chi connectivity index (χ0n) is 12.8. The highest BCUT2D eigenvalue weighted by molar-refractivity contribution is 9.10. The molecule has 4 rings (SSSR count). The van der Waals surface area contributed by atoms with Crippen molar-refractivity contribution in [1.29, 1.82) is 0 Å². The Bertz CT molecular complexity index is 1090. The van der Waals surface area contributed by atoms with Gasteiger partial charge in [0.05, 0.1) is 5.52 Å². The number of nitrogens with zero attached hydrogens (tertiary/aromatic N) is 1. The molecule has 0 saturated carbocycles. The van der Waals surface area contributed by atoms with Gasteiger partial charge in [0, 0.05) is 32.7 Å². The minimum atomic E-state index is -0.261. The molecule has 0 atom stereocenters. The van der Waals surface area contributed by atoms with Gasteiger partial charge in [0.15, 0.2) is 5.76 Å². The number of carbonyl (C=O) groups excluding carboxylic acids is 1. The number of nitrogens with one attached hydrogen (secondary N) is 1. The van der Waals surface area contributed by atoms with Crippen LogP contribution in [-0.2, 0) is 0 Å². The first-order valence-corrected chi connectivity index (χ1v) is 8.26. The molecular formula is C19H13BrN2O2. The molecule has 0 unspecified atom stereocenters. The summed E-state index contributed by atoms with van der Waals surface area (Å²) in [7, 11) is 0. The van der Waals surface area contributed by atoms with Crippen molar-refractivity contribution in [3.05, 3.63) is 70.5 Å². The number of hydrogen-bond donors (Lipinski definition) is 1. The summed E-state index contributed by atoms with van der Waals surface area (Å²) in [5, 5.41) is 4.80. The van der Waals surface area contributed by atoms with E-state index in [2.05, 4.69) is 26.2 Å². The van der Waals surface area contributed by atoms with Crippen molar-refractivity contribution >= 4 is 49.4 Å². The molecule has 4 nitrogen and oxygen atoms in total. The lowest BCUT2D eigenvalue weighted by Gasteiger charge is -2.05. The lowest BCUT2D eigenvalue weighted by atomic mass is 10.1. The van der Waals surface area contributed by atoms with E-state index in [4.69, 9.17) is 4.42 Å². The molecule has 2 heterocycles. The second kappa shape index (κ2) is 5.76. The molecule has 118 valence electrons. The second-order valence-electron chi connectivity index (χ2n) is 5.56. The number of hydrogen-bond acceptors (Lipinski definition) is 3. The molecule has 2 aromatic carbocycles. The molecule has 0 bridgehead atoms. The molecule has 0 saturated heterocycles. The van der Waals surface area contributed by atoms with E-state index in [-0.39, 0.29) is 5.91 Å². The van der Waals surface area contributed by atoms with Crippen LogP contribution in [0, 0.1) is 6.92 Å². The van der Waals surface area contributed by atoms with Crippen LogP contribution >= 0.6 is 15.9 Å².